The highest BCUT2D eigenvalue weighted by atomic mass is 32.2. The molecule has 1 fully saturated rings. The van der Waals surface area contributed by atoms with Crippen LogP contribution < -0.4 is 10.0 Å². The van der Waals surface area contributed by atoms with Gasteiger partial charge in [-0.25, -0.2) is 0 Å². The van der Waals surface area contributed by atoms with E-state index in [1.165, 1.54) is 18.4 Å². The summed E-state index contributed by atoms with van der Waals surface area (Å²) in [7, 11) is -2.48. The number of nitrogens with zero attached hydrogens (tertiary/aromatic N) is 4. The molecule has 0 saturated carbocycles. The predicted octanol–water partition coefficient (Wildman–Crippen LogP) is 2.23. The van der Waals surface area contributed by atoms with Crippen molar-refractivity contribution < 1.29 is 13.2 Å². The smallest absolute Gasteiger partial charge is 0.280 e. The number of nitrogens with one attached hydrogen (secondary N) is 2. The Bertz CT molecular complexity index is 1110. The number of likely N-dealkylation sites (N-methyl/N-ethyl adjacent to an activating group) is 1. The molecule has 0 radical (unpaired) electrons. The van der Waals surface area contributed by atoms with Gasteiger partial charge in [-0.1, -0.05) is 6.92 Å². The van der Waals surface area contributed by atoms with Crippen LogP contribution in [-0.4, -0.2) is 41.5 Å². The number of aromatic nitrogens is 2. The molecule has 162 valence electrons. The summed E-state index contributed by atoms with van der Waals surface area (Å²) in [5.74, 6) is -0.450. The van der Waals surface area contributed by atoms with Crippen LogP contribution in [0.25, 0.3) is 0 Å². The van der Waals surface area contributed by atoms with Crippen molar-refractivity contribution in [1.82, 2.24) is 18.8 Å². The van der Waals surface area contributed by atoms with Gasteiger partial charge < -0.3 is 5.32 Å². The van der Waals surface area contributed by atoms with Gasteiger partial charge in [-0.15, -0.1) is 11.3 Å². The fourth-order valence-corrected chi connectivity index (χ4v) is 6.12. The number of amides is 1. The van der Waals surface area contributed by atoms with Gasteiger partial charge in [-0.3, -0.25) is 9.48 Å². The molecule has 0 unspecified atom stereocenters. The Morgan fingerprint density at radius 2 is 2.13 bits per heavy atom. The number of hydrogen-bond donors (Lipinski definition) is 2. The first kappa shape index (κ1) is 22.4. The normalized spacial score (nSPS) is 21.3. The number of anilines is 1. The van der Waals surface area contributed by atoms with Crippen molar-refractivity contribution in [3.8, 4) is 6.07 Å². The zero-order valence-corrected chi connectivity index (χ0v) is 19.3. The number of hydrogen-bond acceptors (Lipinski definition) is 6. The molecule has 9 nitrogen and oxygen atoms in total. The summed E-state index contributed by atoms with van der Waals surface area (Å²) >= 11 is 1.34. The van der Waals surface area contributed by atoms with Crippen molar-refractivity contribution in [2.45, 2.75) is 59.2 Å². The highest BCUT2D eigenvalue weighted by molar-refractivity contribution is 7.87. The molecule has 0 aliphatic carbocycles. The fourth-order valence-electron chi connectivity index (χ4n) is 3.76. The van der Waals surface area contributed by atoms with Crippen LogP contribution in [0.1, 0.15) is 53.6 Å². The predicted molar refractivity (Wildman–Crippen MR) is 115 cm³/mol. The Morgan fingerprint density at radius 1 is 1.43 bits per heavy atom. The quantitative estimate of drug-likeness (QED) is 0.724. The molecule has 30 heavy (non-hydrogen) atoms. The highest BCUT2D eigenvalue weighted by Crippen LogP contribution is 2.34. The monoisotopic (exact) mass is 450 g/mol. The van der Waals surface area contributed by atoms with Crippen molar-refractivity contribution in [3.63, 3.8) is 0 Å². The van der Waals surface area contributed by atoms with E-state index in [0.29, 0.717) is 23.5 Å². The number of carbonyl (C=O) groups is 1. The van der Waals surface area contributed by atoms with E-state index in [2.05, 4.69) is 21.2 Å². The lowest BCUT2D eigenvalue weighted by molar-refractivity contribution is -0.120. The Hall–Kier alpha value is -2.26. The summed E-state index contributed by atoms with van der Waals surface area (Å²) in [4.78, 5) is 14.1. The lowest BCUT2D eigenvalue weighted by Gasteiger charge is -2.35. The Morgan fingerprint density at radius 3 is 2.70 bits per heavy atom. The van der Waals surface area contributed by atoms with Crippen molar-refractivity contribution >= 4 is 32.5 Å². The minimum Gasteiger partial charge on any atom is -0.315 e. The first-order chi connectivity index (χ1) is 14.1. The van der Waals surface area contributed by atoms with E-state index >= 15 is 0 Å². The Kier molecular flexibility index (Phi) is 6.33. The van der Waals surface area contributed by atoms with Crippen LogP contribution in [0.5, 0.6) is 0 Å². The van der Waals surface area contributed by atoms with Crippen LogP contribution in [-0.2, 0) is 28.0 Å². The van der Waals surface area contributed by atoms with E-state index in [0.717, 1.165) is 26.0 Å². The van der Waals surface area contributed by atoms with E-state index in [-0.39, 0.29) is 6.42 Å². The molecule has 2 aromatic heterocycles. The summed E-state index contributed by atoms with van der Waals surface area (Å²) < 4.78 is 30.8. The molecule has 1 aliphatic heterocycles. The van der Waals surface area contributed by atoms with E-state index in [1.807, 2.05) is 33.9 Å². The summed E-state index contributed by atoms with van der Waals surface area (Å²) in [6.45, 7) is 8.30. The molecule has 2 atom stereocenters. The molecule has 2 aromatic rings. The first-order valence-corrected chi connectivity index (χ1v) is 12.0. The third-order valence-electron chi connectivity index (χ3n) is 5.47. The summed E-state index contributed by atoms with van der Waals surface area (Å²) in [6, 6.07) is 0.690. The van der Waals surface area contributed by atoms with Crippen LogP contribution in [0.2, 0.25) is 0 Å². The van der Waals surface area contributed by atoms with Gasteiger partial charge in [-0.2, -0.15) is 27.8 Å². The van der Waals surface area contributed by atoms with Gasteiger partial charge in [0.15, 0.2) is 0 Å². The molecule has 3 heterocycles. The van der Waals surface area contributed by atoms with Crippen LogP contribution in [0.4, 0.5) is 5.00 Å². The third-order valence-corrected chi connectivity index (χ3v) is 8.12. The maximum Gasteiger partial charge on any atom is 0.280 e. The number of rotatable bonds is 5. The average Bonchev–Trinajstić information content (AvgIpc) is 3.21. The largest absolute Gasteiger partial charge is 0.315 e. The second-order valence-corrected chi connectivity index (χ2v) is 10.3. The topological polar surface area (TPSA) is 120 Å². The summed E-state index contributed by atoms with van der Waals surface area (Å²) in [5.41, 5.74) is 2.83. The number of carbonyl (C=O) groups excluding carboxylic acids is 1. The van der Waals surface area contributed by atoms with Gasteiger partial charge in [0.1, 0.15) is 17.1 Å². The Labute approximate surface area is 180 Å². The van der Waals surface area contributed by atoms with Gasteiger partial charge in [-0.05, 0) is 39.2 Å². The SMILES string of the molecule is CCc1c(C)sc(NC(=O)[C@H]2C[C@H](c3cn(CC)nc3C)NS(=O)(=O)N2C)c1C#N. The molecular weight excluding hydrogens is 424 g/mol. The van der Waals surface area contributed by atoms with Crippen LogP contribution in [0, 0.1) is 25.2 Å². The second-order valence-electron chi connectivity index (χ2n) is 7.26. The van der Waals surface area contributed by atoms with E-state index < -0.39 is 28.2 Å². The average molecular weight is 451 g/mol. The van der Waals surface area contributed by atoms with Gasteiger partial charge >= 0.3 is 0 Å². The lowest BCUT2D eigenvalue weighted by Crippen LogP contribution is -2.56. The number of aryl methyl sites for hydroxylation is 3. The number of thiophene rings is 1. The van der Waals surface area contributed by atoms with Crippen LogP contribution >= 0.6 is 11.3 Å². The summed E-state index contributed by atoms with van der Waals surface area (Å²) in [5, 5.41) is 17.2. The molecule has 11 heteroatoms. The van der Waals surface area contributed by atoms with Gasteiger partial charge in [0.2, 0.25) is 5.91 Å². The molecule has 0 aromatic carbocycles. The second kappa shape index (κ2) is 8.47. The maximum atomic E-state index is 13.1. The van der Waals surface area contributed by atoms with Gasteiger partial charge in [0, 0.05) is 30.2 Å². The lowest BCUT2D eigenvalue weighted by atomic mass is 10.00. The van der Waals surface area contributed by atoms with E-state index in [4.69, 9.17) is 0 Å². The zero-order valence-electron chi connectivity index (χ0n) is 17.7. The first-order valence-electron chi connectivity index (χ1n) is 9.75. The highest BCUT2D eigenvalue weighted by Gasteiger charge is 2.41. The third kappa shape index (κ3) is 4.00. The minimum absolute atomic E-state index is 0.255. The minimum atomic E-state index is -3.86. The van der Waals surface area contributed by atoms with Crippen molar-refractivity contribution in [2.24, 2.45) is 0 Å². The van der Waals surface area contributed by atoms with Crippen molar-refractivity contribution in [1.29, 1.82) is 5.26 Å². The molecule has 2 N–H and O–H groups in total. The molecule has 0 spiro atoms. The number of nitriles is 1. The maximum absolute atomic E-state index is 13.1. The molecule has 1 aliphatic rings. The van der Waals surface area contributed by atoms with Gasteiger partial charge in [0.25, 0.3) is 10.2 Å². The molecular formula is C19H26N6O3S2. The molecule has 3 rings (SSSR count). The van der Waals surface area contributed by atoms with Crippen molar-refractivity contribution in [3.05, 3.63) is 33.5 Å². The molecule has 0 bridgehead atoms. The molecule has 1 amide bonds. The van der Waals surface area contributed by atoms with E-state index in [9.17, 15) is 18.5 Å². The van der Waals surface area contributed by atoms with Crippen LogP contribution in [0.3, 0.4) is 0 Å². The summed E-state index contributed by atoms with van der Waals surface area (Å²) in [6.07, 6.45) is 2.75. The zero-order chi connectivity index (χ0) is 22.2. The standard InChI is InChI=1S/C19H26N6O3S2/c1-6-13-12(4)29-19(14(13)9-20)21-18(26)17-8-16(23-30(27,28)24(17)5)15-10-25(7-2)22-11(15)3/h10,16-17,23H,6-8H2,1-5H3,(H,21,26)/t16-,17-/m1/s1. The van der Waals surface area contributed by atoms with Crippen LogP contribution in [0.15, 0.2) is 6.20 Å². The Balaban J connectivity index is 1.91. The van der Waals surface area contributed by atoms with Crippen molar-refractivity contribution in [2.75, 3.05) is 12.4 Å². The fraction of sp³-hybridized carbons (Fsp3) is 0.526. The van der Waals surface area contributed by atoms with E-state index in [1.54, 1.807) is 4.68 Å². The van der Waals surface area contributed by atoms with Gasteiger partial charge in [0.05, 0.1) is 17.3 Å². The molecule has 1 saturated heterocycles.